The maximum Gasteiger partial charge on any atom is 0.407 e. The van der Waals surface area contributed by atoms with Crippen molar-refractivity contribution < 1.29 is 42.7 Å². The molecule has 1 saturated heterocycles. The number of hydrogen-bond donors (Lipinski definition) is 2. The van der Waals surface area contributed by atoms with E-state index in [0.717, 1.165) is 25.9 Å². The number of piperidine rings is 1. The van der Waals surface area contributed by atoms with Gasteiger partial charge < -0.3 is 48.5 Å². The van der Waals surface area contributed by atoms with Crippen LogP contribution < -0.4 is 10.6 Å². The Bertz CT molecular complexity index is 486. The van der Waals surface area contributed by atoms with E-state index in [2.05, 4.69) is 10.6 Å². The molecule has 0 atom stereocenters. The Labute approximate surface area is 210 Å². The first kappa shape index (κ1) is 32.0. The van der Waals surface area contributed by atoms with Crippen LogP contribution in [0.3, 0.4) is 0 Å². The van der Waals surface area contributed by atoms with Crippen molar-refractivity contribution in [2.24, 2.45) is 0 Å². The molecule has 35 heavy (non-hydrogen) atoms. The largest absolute Gasteiger partial charge is 0.444 e. The van der Waals surface area contributed by atoms with Crippen LogP contribution in [0.4, 0.5) is 4.79 Å². The minimum absolute atomic E-state index is 0.372. The maximum atomic E-state index is 11.4. The summed E-state index contributed by atoms with van der Waals surface area (Å²) < 4.78 is 43.6. The molecule has 2 N–H and O–H groups in total. The molecule has 11 nitrogen and oxygen atoms in total. The van der Waals surface area contributed by atoms with Crippen molar-refractivity contribution in [2.45, 2.75) is 45.3 Å². The Kier molecular flexibility index (Phi) is 20.3. The van der Waals surface area contributed by atoms with Gasteiger partial charge >= 0.3 is 6.09 Å². The molecule has 11 heteroatoms. The van der Waals surface area contributed by atoms with Gasteiger partial charge in [0.15, 0.2) is 0 Å². The molecule has 1 fully saturated rings. The molecule has 1 aliphatic rings. The van der Waals surface area contributed by atoms with Crippen molar-refractivity contribution in [1.82, 2.24) is 10.6 Å². The third kappa shape index (κ3) is 23.1. The summed E-state index contributed by atoms with van der Waals surface area (Å²) in [6.45, 7) is 14.7. The average Bonchev–Trinajstić information content (AvgIpc) is 2.82. The third-order valence-electron chi connectivity index (χ3n) is 4.64. The fourth-order valence-corrected chi connectivity index (χ4v) is 2.98. The molecule has 1 heterocycles. The van der Waals surface area contributed by atoms with Crippen molar-refractivity contribution in [3.63, 3.8) is 0 Å². The van der Waals surface area contributed by atoms with Gasteiger partial charge in [0, 0.05) is 6.54 Å². The topological polar surface area (TPSA) is 115 Å². The fraction of sp³-hybridized carbons (Fsp3) is 0.958. The normalized spacial score (nSPS) is 14.8. The summed E-state index contributed by atoms with van der Waals surface area (Å²) in [5.41, 5.74) is -0.501. The van der Waals surface area contributed by atoms with Crippen LogP contribution in [-0.2, 0) is 37.9 Å². The van der Waals surface area contributed by atoms with Gasteiger partial charge in [-0.2, -0.15) is 0 Å². The summed E-state index contributed by atoms with van der Waals surface area (Å²) in [7, 11) is 0. The zero-order valence-electron chi connectivity index (χ0n) is 22.0. The van der Waals surface area contributed by atoms with Crippen molar-refractivity contribution in [1.29, 1.82) is 0 Å². The number of rotatable bonds is 22. The number of nitrogens with one attached hydrogen (secondary N) is 2. The predicted molar refractivity (Wildman–Crippen MR) is 131 cm³/mol. The fourth-order valence-electron chi connectivity index (χ4n) is 2.98. The molecule has 0 saturated carbocycles. The van der Waals surface area contributed by atoms with Crippen LogP contribution in [0.25, 0.3) is 0 Å². The molecule has 1 rings (SSSR count). The van der Waals surface area contributed by atoms with Gasteiger partial charge in [-0.05, 0) is 46.7 Å². The highest BCUT2D eigenvalue weighted by molar-refractivity contribution is 5.67. The van der Waals surface area contributed by atoms with E-state index in [0.29, 0.717) is 98.5 Å². The second-order valence-corrected chi connectivity index (χ2v) is 8.92. The Morgan fingerprint density at radius 1 is 0.686 bits per heavy atom. The summed E-state index contributed by atoms with van der Waals surface area (Å²) in [5, 5.41) is 5.95. The molecule has 0 aliphatic carbocycles. The van der Waals surface area contributed by atoms with Gasteiger partial charge in [-0.15, -0.1) is 0 Å². The second-order valence-electron chi connectivity index (χ2n) is 8.92. The molecule has 0 aromatic carbocycles. The molecule has 0 aromatic heterocycles. The lowest BCUT2D eigenvalue weighted by atomic mass is 10.1. The maximum absolute atomic E-state index is 11.4. The minimum atomic E-state index is -0.501. The second kappa shape index (κ2) is 22.2. The summed E-state index contributed by atoms with van der Waals surface area (Å²) in [6, 6.07) is 0. The van der Waals surface area contributed by atoms with E-state index >= 15 is 0 Å². The highest BCUT2D eigenvalue weighted by Gasteiger charge is 2.15. The lowest BCUT2D eigenvalue weighted by Crippen LogP contribution is -2.34. The van der Waals surface area contributed by atoms with E-state index in [4.69, 9.17) is 37.9 Å². The summed E-state index contributed by atoms with van der Waals surface area (Å²) in [4.78, 5) is 11.4. The van der Waals surface area contributed by atoms with E-state index in [1.807, 2.05) is 20.8 Å². The first-order valence-corrected chi connectivity index (χ1v) is 12.7. The molecular weight excluding hydrogens is 460 g/mol. The van der Waals surface area contributed by atoms with Gasteiger partial charge in [0.05, 0.1) is 92.0 Å². The molecule has 0 spiro atoms. The highest BCUT2D eigenvalue weighted by atomic mass is 16.6. The quantitative estimate of drug-likeness (QED) is 0.208. The van der Waals surface area contributed by atoms with Gasteiger partial charge in [0.25, 0.3) is 0 Å². The van der Waals surface area contributed by atoms with E-state index < -0.39 is 11.7 Å². The number of amides is 1. The Morgan fingerprint density at radius 3 is 1.51 bits per heavy atom. The van der Waals surface area contributed by atoms with Crippen LogP contribution in [0.15, 0.2) is 0 Å². The number of ether oxygens (including phenoxy) is 8. The average molecular weight is 509 g/mol. The number of carbonyl (C=O) groups is 1. The number of alkyl carbamates (subject to hydrolysis) is 1. The van der Waals surface area contributed by atoms with Gasteiger partial charge in [-0.3, -0.25) is 0 Å². The molecule has 208 valence electrons. The Balaban J connectivity index is 1.66. The van der Waals surface area contributed by atoms with E-state index in [9.17, 15) is 4.79 Å². The highest BCUT2D eigenvalue weighted by Crippen LogP contribution is 2.07. The standard InChI is InChI=1S/C24H48N2O9/c1-24(2,3)35-23(27)26-8-9-28-10-11-29-12-13-30-14-15-31-16-17-32-18-19-33-20-21-34-22-4-6-25-7-5-22/h22,25H,4-21H2,1-3H3,(H,26,27). The Morgan fingerprint density at radius 2 is 1.09 bits per heavy atom. The lowest BCUT2D eigenvalue weighted by molar-refractivity contribution is -0.0306. The number of carbonyl (C=O) groups excluding carboxylic acids is 1. The minimum Gasteiger partial charge on any atom is -0.444 e. The molecule has 0 unspecified atom stereocenters. The zero-order chi connectivity index (χ0) is 25.5. The molecule has 1 amide bonds. The van der Waals surface area contributed by atoms with Crippen molar-refractivity contribution in [3.05, 3.63) is 0 Å². The van der Waals surface area contributed by atoms with Crippen molar-refractivity contribution in [2.75, 3.05) is 106 Å². The van der Waals surface area contributed by atoms with Crippen LogP contribution in [0.5, 0.6) is 0 Å². The lowest BCUT2D eigenvalue weighted by Gasteiger charge is -2.22. The first-order valence-electron chi connectivity index (χ1n) is 12.7. The van der Waals surface area contributed by atoms with Gasteiger partial charge in [0.2, 0.25) is 0 Å². The van der Waals surface area contributed by atoms with Crippen molar-refractivity contribution in [3.8, 4) is 0 Å². The summed E-state index contributed by atoms with van der Waals surface area (Å²) in [5.74, 6) is 0. The monoisotopic (exact) mass is 508 g/mol. The SMILES string of the molecule is CC(C)(C)OC(=O)NCCOCCOCCOCCOCCOCCOCCOC1CCNCC1. The third-order valence-corrected chi connectivity index (χ3v) is 4.64. The smallest absolute Gasteiger partial charge is 0.407 e. The molecule has 0 bridgehead atoms. The van der Waals surface area contributed by atoms with Crippen LogP contribution in [0.1, 0.15) is 33.6 Å². The first-order chi connectivity index (χ1) is 17.0. The van der Waals surface area contributed by atoms with Crippen LogP contribution in [-0.4, -0.2) is 123 Å². The summed E-state index contributed by atoms with van der Waals surface area (Å²) in [6.07, 6.45) is 2.09. The number of hydrogen-bond acceptors (Lipinski definition) is 10. The molecular formula is C24H48N2O9. The van der Waals surface area contributed by atoms with Crippen molar-refractivity contribution >= 4 is 6.09 Å². The predicted octanol–water partition coefficient (Wildman–Crippen LogP) is 1.38. The van der Waals surface area contributed by atoms with Crippen LogP contribution in [0, 0.1) is 0 Å². The Hall–Kier alpha value is -1.05. The zero-order valence-corrected chi connectivity index (χ0v) is 22.0. The van der Waals surface area contributed by atoms with Gasteiger partial charge in [-0.1, -0.05) is 0 Å². The molecule has 0 radical (unpaired) electrons. The molecule has 0 aromatic rings. The summed E-state index contributed by atoms with van der Waals surface area (Å²) >= 11 is 0. The van der Waals surface area contributed by atoms with Gasteiger partial charge in [-0.25, -0.2) is 4.79 Å². The van der Waals surface area contributed by atoms with E-state index in [1.54, 1.807) is 0 Å². The molecule has 1 aliphatic heterocycles. The van der Waals surface area contributed by atoms with Crippen LogP contribution in [0.2, 0.25) is 0 Å². The van der Waals surface area contributed by atoms with E-state index in [-0.39, 0.29) is 0 Å². The van der Waals surface area contributed by atoms with E-state index in [1.165, 1.54) is 0 Å². The van der Waals surface area contributed by atoms with Gasteiger partial charge in [0.1, 0.15) is 5.60 Å². The van der Waals surface area contributed by atoms with Crippen LogP contribution >= 0.6 is 0 Å².